The van der Waals surface area contributed by atoms with Gasteiger partial charge in [-0.15, -0.1) is 0 Å². The number of likely N-dealkylation sites (tertiary alicyclic amines) is 1. The van der Waals surface area contributed by atoms with E-state index < -0.39 is 0 Å². The first kappa shape index (κ1) is 12.9. The van der Waals surface area contributed by atoms with Gasteiger partial charge < -0.3 is 10.1 Å². The van der Waals surface area contributed by atoms with Gasteiger partial charge in [-0.1, -0.05) is 0 Å². The molecule has 3 fully saturated rings. The van der Waals surface area contributed by atoms with Crippen molar-refractivity contribution in [2.45, 2.75) is 51.1 Å². The van der Waals surface area contributed by atoms with Crippen molar-refractivity contribution in [3.05, 3.63) is 0 Å². The topological polar surface area (TPSA) is 24.5 Å². The third kappa shape index (κ3) is 2.73. The van der Waals surface area contributed by atoms with Gasteiger partial charge in [-0.3, -0.25) is 4.90 Å². The largest absolute Gasteiger partial charge is 0.381 e. The van der Waals surface area contributed by atoms with Crippen LogP contribution in [0.15, 0.2) is 0 Å². The van der Waals surface area contributed by atoms with E-state index in [0.717, 1.165) is 37.1 Å². The summed E-state index contributed by atoms with van der Waals surface area (Å²) in [7, 11) is 0. The standard InChI is InChI=1S/C15H28N2O/c1-12(14-6-9-18-11-14)17-8-3-4-13(10-17)15-5-2-7-16-15/h12-16H,2-11H2,1H3. The fraction of sp³-hybridized carbons (Fsp3) is 1.00. The second-order valence-electron chi connectivity index (χ2n) is 6.46. The second kappa shape index (κ2) is 5.89. The van der Waals surface area contributed by atoms with Crippen LogP contribution in [0.1, 0.15) is 39.0 Å². The van der Waals surface area contributed by atoms with Gasteiger partial charge in [0.2, 0.25) is 0 Å². The van der Waals surface area contributed by atoms with Crippen LogP contribution in [-0.4, -0.2) is 49.8 Å². The Morgan fingerprint density at radius 3 is 2.89 bits per heavy atom. The highest BCUT2D eigenvalue weighted by Crippen LogP contribution is 2.29. The Morgan fingerprint density at radius 1 is 1.22 bits per heavy atom. The summed E-state index contributed by atoms with van der Waals surface area (Å²) in [6, 6.07) is 1.52. The Labute approximate surface area is 111 Å². The molecule has 3 nitrogen and oxygen atoms in total. The molecule has 0 bridgehead atoms. The molecular formula is C15H28N2O. The fourth-order valence-electron chi connectivity index (χ4n) is 4.08. The fourth-order valence-corrected chi connectivity index (χ4v) is 4.08. The molecule has 3 aliphatic heterocycles. The van der Waals surface area contributed by atoms with Crippen LogP contribution in [-0.2, 0) is 4.74 Å². The van der Waals surface area contributed by atoms with Crippen molar-refractivity contribution >= 4 is 0 Å². The van der Waals surface area contributed by atoms with Gasteiger partial charge in [0.05, 0.1) is 6.61 Å². The number of nitrogens with one attached hydrogen (secondary N) is 1. The number of ether oxygens (including phenoxy) is 1. The predicted molar refractivity (Wildman–Crippen MR) is 73.7 cm³/mol. The lowest BCUT2D eigenvalue weighted by Gasteiger charge is -2.40. The molecule has 0 aromatic rings. The van der Waals surface area contributed by atoms with Crippen LogP contribution in [0.4, 0.5) is 0 Å². The first-order chi connectivity index (χ1) is 8.84. The van der Waals surface area contributed by atoms with Crippen LogP contribution in [0.2, 0.25) is 0 Å². The van der Waals surface area contributed by atoms with Crippen molar-refractivity contribution in [2.75, 3.05) is 32.8 Å². The molecular weight excluding hydrogens is 224 g/mol. The van der Waals surface area contributed by atoms with E-state index in [1.807, 2.05) is 0 Å². The summed E-state index contributed by atoms with van der Waals surface area (Å²) in [4.78, 5) is 2.74. The van der Waals surface area contributed by atoms with Gasteiger partial charge in [0.1, 0.15) is 0 Å². The van der Waals surface area contributed by atoms with Crippen LogP contribution in [0.25, 0.3) is 0 Å². The Hall–Kier alpha value is -0.120. The van der Waals surface area contributed by atoms with Crippen LogP contribution in [0, 0.1) is 11.8 Å². The van der Waals surface area contributed by atoms with E-state index in [1.165, 1.54) is 51.7 Å². The van der Waals surface area contributed by atoms with Crippen LogP contribution >= 0.6 is 0 Å². The number of hydrogen-bond donors (Lipinski definition) is 1. The maximum Gasteiger partial charge on any atom is 0.0509 e. The highest BCUT2D eigenvalue weighted by Gasteiger charge is 2.33. The van der Waals surface area contributed by atoms with E-state index in [4.69, 9.17) is 4.74 Å². The molecule has 4 atom stereocenters. The summed E-state index contributed by atoms with van der Waals surface area (Å²) >= 11 is 0. The van der Waals surface area contributed by atoms with Gasteiger partial charge in [-0.2, -0.15) is 0 Å². The van der Waals surface area contributed by atoms with Crippen molar-refractivity contribution < 1.29 is 4.74 Å². The summed E-state index contributed by atoms with van der Waals surface area (Å²) in [5.74, 6) is 1.67. The van der Waals surface area contributed by atoms with Crippen molar-refractivity contribution in [3.63, 3.8) is 0 Å². The molecule has 18 heavy (non-hydrogen) atoms. The minimum atomic E-state index is 0.719. The van der Waals surface area contributed by atoms with Gasteiger partial charge >= 0.3 is 0 Å². The summed E-state index contributed by atoms with van der Waals surface area (Å²) in [5.41, 5.74) is 0. The monoisotopic (exact) mass is 252 g/mol. The van der Waals surface area contributed by atoms with Crippen molar-refractivity contribution in [1.82, 2.24) is 10.2 Å². The van der Waals surface area contributed by atoms with Crippen LogP contribution < -0.4 is 5.32 Å². The zero-order valence-electron chi connectivity index (χ0n) is 11.7. The molecule has 3 heterocycles. The molecule has 3 heteroatoms. The lowest BCUT2D eigenvalue weighted by atomic mass is 9.87. The molecule has 0 aromatic heterocycles. The maximum atomic E-state index is 5.56. The molecule has 0 aliphatic carbocycles. The van der Waals surface area contributed by atoms with Crippen molar-refractivity contribution in [3.8, 4) is 0 Å². The van der Waals surface area contributed by atoms with Crippen LogP contribution in [0.3, 0.4) is 0 Å². The SMILES string of the molecule is CC(C1CCOC1)N1CCCC(C2CCCN2)C1. The summed E-state index contributed by atoms with van der Waals surface area (Å²) in [6.45, 7) is 8.26. The van der Waals surface area contributed by atoms with Gasteiger partial charge in [-0.25, -0.2) is 0 Å². The number of hydrogen-bond acceptors (Lipinski definition) is 3. The predicted octanol–water partition coefficient (Wildman–Crippen LogP) is 1.88. The molecule has 3 rings (SSSR count). The van der Waals surface area contributed by atoms with Crippen LogP contribution in [0.5, 0.6) is 0 Å². The molecule has 0 amide bonds. The first-order valence-corrected chi connectivity index (χ1v) is 7.90. The zero-order valence-corrected chi connectivity index (χ0v) is 11.7. The Bertz CT molecular complexity index is 245. The quantitative estimate of drug-likeness (QED) is 0.830. The molecule has 4 unspecified atom stereocenters. The van der Waals surface area contributed by atoms with Gasteiger partial charge in [-0.05, 0) is 64.0 Å². The Morgan fingerprint density at radius 2 is 2.17 bits per heavy atom. The highest BCUT2D eigenvalue weighted by molar-refractivity contribution is 4.89. The Balaban J connectivity index is 1.55. The number of piperidine rings is 1. The van der Waals surface area contributed by atoms with E-state index >= 15 is 0 Å². The summed E-state index contributed by atoms with van der Waals surface area (Å²) in [5, 5.41) is 3.70. The summed E-state index contributed by atoms with van der Waals surface area (Å²) in [6.07, 6.45) is 6.87. The van der Waals surface area contributed by atoms with Gasteiger partial charge in [0.15, 0.2) is 0 Å². The average Bonchev–Trinajstić information content (AvgIpc) is 3.11. The molecule has 104 valence electrons. The molecule has 3 saturated heterocycles. The van der Waals surface area contributed by atoms with E-state index in [0.29, 0.717) is 0 Å². The van der Waals surface area contributed by atoms with Gasteiger partial charge in [0.25, 0.3) is 0 Å². The smallest absolute Gasteiger partial charge is 0.0509 e. The van der Waals surface area contributed by atoms with Crippen molar-refractivity contribution in [2.24, 2.45) is 11.8 Å². The van der Waals surface area contributed by atoms with E-state index in [2.05, 4.69) is 17.1 Å². The van der Waals surface area contributed by atoms with E-state index in [9.17, 15) is 0 Å². The summed E-state index contributed by atoms with van der Waals surface area (Å²) < 4.78 is 5.56. The highest BCUT2D eigenvalue weighted by atomic mass is 16.5. The van der Waals surface area contributed by atoms with Gasteiger partial charge in [0, 0.05) is 25.2 Å². The first-order valence-electron chi connectivity index (χ1n) is 7.90. The van der Waals surface area contributed by atoms with E-state index in [-0.39, 0.29) is 0 Å². The molecule has 1 N–H and O–H groups in total. The third-order valence-electron chi connectivity index (χ3n) is 5.38. The lowest BCUT2D eigenvalue weighted by Crippen LogP contribution is -2.48. The van der Waals surface area contributed by atoms with Crippen molar-refractivity contribution in [1.29, 1.82) is 0 Å². The minimum Gasteiger partial charge on any atom is -0.381 e. The molecule has 0 spiro atoms. The lowest BCUT2D eigenvalue weighted by molar-refractivity contribution is 0.0771. The Kier molecular flexibility index (Phi) is 4.22. The molecule has 0 saturated carbocycles. The third-order valence-corrected chi connectivity index (χ3v) is 5.38. The maximum absolute atomic E-state index is 5.56. The molecule has 0 aromatic carbocycles. The normalized spacial score (nSPS) is 40.2. The number of nitrogens with zero attached hydrogens (tertiary/aromatic N) is 1. The molecule has 0 radical (unpaired) electrons. The number of rotatable bonds is 3. The second-order valence-corrected chi connectivity index (χ2v) is 6.46. The average molecular weight is 252 g/mol. The minimum absolute atomic E-state index is 0.719. The zero-order chi connectivity index (χ0) is 12.4. The van der Waals surface area contributed by atoms with E-state index in [1.54, 1.807) is 0 Å². The molecule has 3 aliphatic rings.